The molecule has 0 bridgehead atoms. The van der Waals surface area contributed by atoms with Gasteiger partial charge < -0.3 is 29.0 Å². The number of hydrogen-bond donors (Lipinski definition) is 1. The lowest BCUT2D eigenvalue weighted by Gasteiger charge is -2.35. The Morgan fingerprint density at radius 3 is 2.37 bits per heavy atom. The second-order valence-corrected chi connectivity index (χ2v) is 11.1. The minimum Gasteiger partial charge on any atom is -0.493 e. The van der Waals surface area contributed by atoms with E-state index in [1.54, 1.807) is 38.5 Å². The predicted molar refractivity (Wildman–Crippen MR) is 157 cm³/mol. The molecule has 0 radical (unpaired) electrons. The van der Waals surface area contributed by atoms with Crippen LogP contribution < -0.4 is 14.2 Å². The van der Waals surface area contributed by atoms with Crippen LogP contribution in [0.4, 0.5) is 0 Å². The fourth-order valence-corrected chi connectivity index (χ4v) is 5.90. The number of rotatable bonds is 13. The van der Waals surface area contributed by atoms with Gasteiger partial charge in [-0.05, 0) is 80.3 Å². The molecule has 1 amide bonds. The molecule has 1 aliphatic heterocycles. The first-order valence-corrected chi connectivity index (χ1v) is 15.0. The number of aliphatic carboxylic acids is 1. The number of carboxylic acid groups (broad SMARTS) is 1. The van der Waals surface area contributed by atoms with Gasteiger partial charge in [0.1, 0.15) is 17.9 Å². The van der Waals surface area contributed by atoms with Crippen LogP contribution in [0.1, 0.15) is 75.0 Å². The summed E-state index contributed by atoms with van der Waals surface area (Å²) in [5.41, 5.74) is 1.56. The van der Waals surface area contributed by atoms with Crippen LogP contribution in [0.25, 0.3) is 0 Å². The van der Waals surface area contributed by atoms with E-state index in [-0.39, 0.29) is 5.92 Å². The maximum absolute atomic E-state index is 13.7. The molecule has 2 aromatic rings. The van der Waals surface area contributed by atoms with Gasteiger partial charge in [-0.2, -0.15) is 0 Å². The van der Waals surface area contributed by atoms with Crippen molar-refractivity contribution in [1.29, 1.82) is 0 Å². The number of aryl methyl sites for hydroxylation is 1. The average Bonchev–Trinajstić information content (AvgIpc) is 3.05. The molecule has 1 saturated heterocycles. The molecule has 1 heterocycles. The smallest absolute Gasteiger partial charge is 0.341 e. The van der Waals surface area contributed by atoms with Crippen molar-refractivity contribution in [3.8, 4) is 17.2 Å². The van der Waals surface area contributed by atoms with E-state index in [2.05, 4.69) is 0 Å². The van der Waals surface area contributed by atoms with Gasteiger partial charge in [0, 0.05) is 12.5 Å². The van der Waals surface area contributed by atoms with Crippen molar-refractivity contribution in [1.82, 2.24) is 4.90 Å². The quantitative estimate of drug-likeness (QED) is 0.254. The number of methoxy groups -OCH3 is 2. The molecule has 0 unspecified atom stereocenters. The summed E-state index contributed by atoms with van der Waals surface area (Å²) in [5, 5.41) is 9.03. The number of ketones is 1. The van der Waals surface area contributed by atoms with Gasteiger partial charge in [0.05, 0.1) is 14.2 Å². The maximum Gasteiger partial charge on any atom is 0.341 e. The van der Waals surface area contributed by atoms with E-state index in [0.29, 0.717) is 61.5 Å². The number of carboxylic acids is 1. The summed E-state index contributed by atoms with van der Waals surface area (Å²) in [6.07, 6.45) is 6.46. The minimum atomic E-state index is -1.10. The highest BCUT2D eigenvalue weighted by Gasteiger charge is 2.39. The first-order chi connectivity index (χ1) is 20.8. The number of benzene rings is 2. The van der Waals surface area contributed by atoms with Crippen LogP contribution in [0.15, 0.2) is 42.5 Å². The molecule has 2 aliphatic rings. The number of piperidine rings is 1. The minimum absolute atomic E-state index is 0.275. The number of Topliss-reactive ketones (excluding diaryl/α,β-unsaturated/α-hetero) is 1. The van der Waals surface area contributed by atoms with Crippen LogP contribution >= 0.6 is 0 Å². The predicted octanol–water partition coefficient (Wildman–Crippen LogP) is 4.91. The summed E-state index contributed by atoms with van der Waals surface area (Å²) >= 11 is 0. The van der Waals surface area contributed by atoms with Crippen LogP contribution in [-0.4, -0.2) is 67.0 Å². The number of nitrogens with zero attached hydrogens (tertiary/aromatic N) is 1. The van der Waals surface area contributed by atoms with Crippen molar-refractivity contribution in [3.63, 3.8) is 0 Å². The second kappa shape index (κ2) is 15.4. The highest BCUT2D eigenvalue weighted by atomic mass is 16.5. The largest absolute Gasteiger partial charge is 0.493 e. The van der Waals surface area contributed by atoms with Crippen LogP contribution in [0.3, 0.4) is 0 Å². The Labute approximate surface area is 252 Å². The van der Waals surface area contributed by atoms with Crippen LogP contribution in [0.2, 0.25) is 0 Å². The highest BCUT2D eigenvalue weighted by molar-refractivity contribution is 6.37. The van der Waals surface area contributed by atoms with E-state index < -0.39 is 42.4 Å². The summed E-state index contributed by atoms with van der Waals surface area (Å²) in [5.74, 6) is -1.40. The fraction of sp³-hybridized carbons (Fsp3) is 0.515. The second-order valence-electron chi connectivity index (χ2n) is 11.1. The summed E-state index contributed by atoms with van der Waals surface area (Å²) < 4.78 is 22.3. The van der Waals surface area contributed by atoms with E-state index in [9.17, 15) is 19.2 Å². The molecule has 4 rings (SSSR count). The molecule has 1 aliphatic carbocycles. The normalized spacial score (nSPS) is 17.9. The van der Waals surface area contributed by atoms with Crippen molar-refractivity contribution in [2.75, 3.05) is 27.4 Å². The number of carbonyl (C=O) groups is 4. The molecule has 2 atom stereocenters. The number of carbonyl (C=O) groups excluding carboxylic acids is 3. The Hall–Kier alpha value is -4.08. The topological polar surface area (TPSA) is 129 Å². The molecule has 0 spiro atoms. The van der Waals surface area contributed by atoms with Gasteiger partial charge in [0.15, 0.2) is 18.1 Å². The Balaban J connectivity index is 1.54. The zero-order valence-electron chi connectivity index (χ0n) is 24.9. The zero-order valence-corrected chi connectivity index (χ0v) is 24.9. The Bertz CT molecular complexity index is 1290. The number of esters is 1. The molecule has 1 saturated carbocycles. The van der Waals surface area contributed by atoms with E-state index in [0.717, 1.165) is 37.7 Å². The summed E-state index contributed by atoms with van der Waals surface area (Å²) in [6, 6.07) is 11.5. The van der Waals surface area contributed by atoms with E-state index in [4.69, 9.17) is 24.1 Å². The van der Waals surface area contributed by atoms with Crippen LogP contribution in [0.5, 0.6) is 17.2 Å². The average molecular weight is 596 g/mol. The number of ether oxygens (including phenoxy) is 4. The lowest BCUT2D eigenvalue weighted by atomic mass is 9.85. The molecular formula is C33H41NO9. The van der Waals surface area contributed by atoms with E-state index in [1.807, 2.05) is 18.2 Å². The Morgan fingerprint density at radius 2 is 1.65 bits per heavy atom. The lowest BCUT2D eigenvalue weighted by Crippen LogP contribution is -2.52. The van der Waals surface area contributed by atoms with Gasteiger partial charge in [-0.1, -0.05) is 37.5 Å². The molecule has 232 valence electrons. The summed E-state index contributed by atoms with van der Waals surface area (Å²) in [6.45, 7) is -0.167. The van der Waals surface area contributed by atoms with Crippen LogP contribution in [-0.2, 0) is 30.3 Å². The molecule has 1 N–H and O–H groups in total. The van der Waals surface area contributed by atoms with Crippen molar-refractivity contribution in [2.45, 2.75) is 76.4 Å². The summed E-state index contributed by atoms with van der Waals surface area (Å²) in [4.78, 5) is 52.6. The number of likely N-dealkylation sites (tertiary alicyclic amines) is 1. The monoisotopic (exact) mass is 595 g/mol. The Kier molecular flexibility index (Phi) is 11.4. The Morgan fingerprint density at radius 1 is 0.907 bits per heavy atom. The fourth-order valence-electron chi connectivity index (χ4n) is 5.90. The molecular weight excluding hydrogens is 554 g/mol. The van der Waals surface area contributed by atoms with Crippen LogP contribution in [0, 0.1) is 5.92 Å². The van der Waals surface area contributed by atoms with Gasteiger partial charge in [0.2, 0.25) is 5.78 Å². The van der Waals surface area contributed by atoms with Gasteiger partial charge in [-0.15, -0.1) is 0 Å². The van der Waals surface area contributed by atoms with Gasteiger partial charge in [-0.3, -0.25) is 9.59 Å². The molecule has 0 aromatic heterocycles. The first-order valence-electron chi connectivity index (χ1n) is 15.0. The molecule has 2 fully saturated rings. The van der Waals surface area contributed by atoms with Crippen molar-refractivity contribution in [2.24, 2.45) is 5.92 Å². The highest BCUT2D eigenvalue weighted by Crippen LogP contribution is 2.32. The lowest BCUT2D eigenvalue weighted by molar-refractivity contribution is -0.164. The third kappa shape index (κ3) is 8.49. The SMILES string of the molecule is COc1ccc(CC[C@@H](OC(=O)[C@@H]2CCCCN2C(=O)C(=O)C2CCCCC2)c2cccc(OCC(=O)O)c2)cc1OC. The zero-order chi connectivity index (χ0) is 30.8. The molecule has 10 heteroatoms. The molecule has 10 nitrogen and oxygen atoms in total. The van der Waals surface area contributed by atoms with Gasteiger partial charge in [0.25, 0.3) is 5.91 Å². The van der Waals surface area contributed by atoms with E-state index >= 15 is 0 Å². The first kappa shape index (κ1) is 31.8. The van der Waals surface area contributed by atoms with Gasteiger partial charge >= 0.3 is 11.9 Å². The van der Waals surface area contributed by atoms with Crippen molar-refractivity contribution in [3.05, 3.63) is 53.6 Å². The third-order valence-corrected chi connectivity index (χ3v) is 8.22. The number of hydrogen-bond acceptors (Lipinski definition) is 8. The molecule has 43 heavy (non-hydrogen) atoms. The van der Waals surface area contributed by atoms with Gasteiger partial charge in [-0.25, -0.2) is 9.59 Å². The number of amides is 1. The maximum atomic E-state index is 13.7. The third-order valence-electron chi connectivity index (χ3n) is 8.22. The van der Waals surface area contributed by atoms with Crippen molar-refractivity contribution < 1.29 is 43.2 Å². The van der Waals surface area contributed by atoms with Crippen molar-refractivity contribution >= 4 is 23.6 Å². The standard InChI is InChI=1S/C33H41NO9/c1-40-28-17-15-22(19-29(28)41-2)14-16-27(24-11-8-12-25(20-24)42-21-30(35)36)43-33(39)26-13-6-7-18-34(26)32(38)31(37)23-9-4-3-5-10-23/h8,11-12,15,17,19-20,23,26-27H,3-7,9-10,13-14,16,18,21H2,1-2H3,(H,35,36)/t26-,27+/m0/s1. The molecule has 2 aromatic carbocycles. The summed E-state index contributed by atoms with van der Waals surface area (Å²) in [7, 11) is 3.12. The van der Waals surface area contributed by atoms with E-state index in [1.165, 1.54) is 4.90 Å².